The van der Waals surface area contributed by atoms with Gasteiger partial charge < -0.3 is 11.1 Å². The standard InChI is InChI=1S/K.N3.H2O8S2/c;1-3-2;1-9(2,3)7-8-10(4,5)6/h;;(H,1,2,3)(H,4,5,6)/q+1;-1;. The van der Waals surface area contributed by atoms with Crippen molar-refractivity contribution in [3.8, 4) is 0 Å². The minimum Gasteiger partial charge on any atom is -0.373 e. The molecule has 0 aromatic heterocycles. The Bertz CT molecular complexity index is 327. The summed E-state index contributed by atoms with van der Waals surface area (Å²) in [6, 6.07) is 0. The molecule has 0 amide bonds. The van der Waals surface area contributed by atoms with Gasteiger partial charge in [0, 0.05) is 0 Å². The van der Waals surface area contributed by atoms with Gasteiger partial charge in [-0.05, 0) is 0 Å². The van der Waals surface area contributed by atoms with Gasteiger partial charge in [-0.3, -0.25) is 14.0 Å². The molecule has 0 aliphatic carbocycles. The van der Waals surface area contributed by atoms with Crippen LogP contribution in [-0.4, -0.2) is 25.9 Å². The Balaban J connectivity index is -0.000000267. The van der Waals surface area contributed by atoms with Crippen molar-refractivity contribution in [1.29, 1.82) is 0 Å². The first kappa shape index (κ1) is 20.1. The van der Waals surface area contributed by atoms with Gasteiger partial charge in [0.25, 0.3) is 0 Å². The molecule has 11 nitrogen and oxygen atoms in total. The van der Waals surface area contributed by atoms with Gasteiger partial charge in [-0.15, -0.1) is 0 Å². The Hall–Kier alpha value is 0.686. The minimum absolute atomic E-state index is 0. The van der Waals surface area contributed by atoms with E-state index in [2.05, 4.69) is 8.67 Å². The summed E-state index contributed by atoms with van der Waals surface area (Å²) < 4.78 is 58.9. The van der Waals surface area contributed by atoms with Gasteiger partial charge in [-0.1, -0.05) is 8.67 Å². The van der Waals surface area contributed by atoms with Crippen LogP contribution in [-0.2, 0) is 29.5 Å². The summed E-state index contributed by atoms with van der Waals surface area (Å²) in [6.45, 7) is 0. The minimum atomic E-state index is -5.02. The van der Waals surface area contributed by atoms with Crippen LogP contribution in [0.15, 0.2) is 0 Å². The Morgan fingerprint density at radius 3 is 1.14 bits per heavy atom. The quantitative estimate of drug-likeness (QED) is 0.100. The van der Waals surface area contributed by atoms with Gasteiger partial charge >= 0.3 is 72.2 Å². The fraction of sp³-hybridized carbons (Fsp3) is 0. The summed E-state index contributed by atoms with van der Waals surface area (Å²) in [5.41, 5.74) is 13.5. The van der Waals surface area contributed by atoms with Gasteiger partial charge in [0.15, 0.2) is 0 Å². The summed E-state index contributed by atoms with van der Waals surface area (Å²) in [7, 11) is -10.0. The van der Waals surface area contributed by atoms with E-state index >= 15 is 0 Å². The molecule has 2 N–H and O–H groups in total. The Morgan fingerprint density at radius 1 is 0.929 bits per heavy atom. The van der Waals surface area contributed by atoms with E-state index in [1.54, 1.807) is 0 Å². The van der Waals surface area contributed by atoms with Crippen LogP contribution in [0.5, 0.6) is 0 Å². The van der Waals surface area contributed by atoms with E-state index in [0.717, 1.165) is 0 Å². The molecule has 14 heteroatoms. The normalized spacial score (nSPS) is 10.1. The third kappa shape index (κ3) is 29.3. The molecule has 78 valence electrons. The molecule has 0 heterocycles. The SMILES string of the molecule is O=S(=O)(O)OOS(=O)(=O)O.[K+].[N-]=[N+]=[N-]. The first-order chi connectivity index (χ1) is 5.62. The molecule has 0 atom stereocenters. The third-order valence-electron chi connectivity index (χ3n) is 0.200. The van der Waals surface area contributed by atoms with Gasteiger partial charge in [0.2, 0.25) is 0 Å². The molecule has 0 unspecified atom stereocenters. The molecule has 0 rings (SSSR count). The smallest absolute Gasteiger partial charge is 0.373 e. The zero-order chi connectivity index (χ0) is 11.1. The van der Waals surface area contributed by atoms with E-state index < -0.39 is 20.8 Å². The van der Waals surface area contributed by atoms with E-state index in [1.807, 2.05) is 0 Å². The van der Waals surface area contributed by atoms with Crippen molar-refractivity contribution >= 4 is 20.8 Å². The Kier molecular flexibility index (Phi) is 12.9. The predicted molar refractivity (Wildman–Crippen MR) is 35.3 cm³/mol. The molecule has 0 aliphatic rings. The zero-order valence-corrected chi connectivity index (χ0v) is 11.3. The van der Waals surface area contributed by atoms with E-state index in [4.69, 9.17) is 20.2 Å². The molecular formula is H2KN3O8S2. The van der Waals surface area contributed by atoms with Crippen LogP contribution < -0.4 is 51.4 Å². The van der Waals surface area contributed by atoms with Crippen LogP contribution in [0.4, 0.5) is 0 Å². The molecule has 0 spiro atoms. The predicted octanol–water partition coefficient (Wildman–Crippen LogP) is -3.59. The topological polar surface area (TPSA) is 186 Å². The molecule has 0 fully saturated rings. The Labute approximate surface area is 121 Å². The number of hydrogen-bond donors (Lipinski definition) is 2. The molecule has 0 saturated carbocycles. The van der Waals surface area contributed by atoms with Crippen molar-refractivity contribution in [3.63, 3.8) is 0 Å². The zero-order valence-electron chi connectivity index (χ0n) is 6.50. The molecule has 0 aliphatic heterocycles. The summed E-state index contributed by atoms with van der Waals surface area (Å²) in [5.74, 6) is 0. The van der Waals surface area contributed by atoms with Crippen molar-refractivity contribution in [2.24, 2.45) is 0 Å². The molecule has 0 aromatic rings. The first-order valence-corrected chi connectivity index (χ1v) is 4.66. The molecule has 14 heavy (non-hydrogen) atoms. The van der Waals surface area contributed by atoms with Gasteiger partial charge in [-0.25, -0.2) is 0 Å². The van der Waals surface area contributed by atoms with Gasteiger partial charge in [0.1, 0.15) is 0 Å². The van der Waals surface area contributed by atoms with Crippen molar-refractivity contribution in [2.45, 2.75) is 0 Å². The fourth-order valence-corrected chi connectivity index (χ4v) is 0.632. The fourth-order valence-electron chi connectivity index (χ4n) is 0.0702. The monoisotopic (exact) mass is 275 g/mol. The van der Waals surface area contributed by atoms with Crippen molar-refractivity contribution in [1.82, 2.24) is 0 Å². The third-order valence-corrected chi connectivity index (χ3v) is 0.766. The summed E-state index contributed by atoms with van der Waals surface area (Å²) in [4.78, 5) is 1.50. The van der Waals surface area contributed by atoms with E-state index in [9.17, 15) is 16.8 Å². The van der Waals surface area contributed by atoms with Gasteiger partial charge in [-0.2, -0.15) is 16.8 Å². The average Bonchev–Trinajstić information content (AvgIpc) is 1.82. The second-order valence-electron chi connectivity index (χ2n) is 1.08. The number of nitrogens with zero attached hydrogens (tertiary/aromatic N) is 3. The van der Waals surface area contributed by atoms with Crippen LogP contribution >= 0.6 is 0 Å². The molecular weight excluding hydrogens is 273 g/mol. The second kappa shape index (κ2) is 8.95. The molecule has 0 bridgehead atoms. The number of hydrogen-bond acceptors (Lipinski definition) is 6. The van der Waals surface area contributed by atoms with E-state index in [-0.39, 0.29) is 51.4 Å². The maximum Gasteiger partial charge on any atom is 1.00 e. The maximum absolute atomic E-state index is 9.51. The van der Waals surface area contributed by atoms with Crippen molar-refractivity contribution in [3.05, 3.63) is 16.0 Å². The van der Waals surface area contributed by atoms with Crippen LogP contribution in [0.25, 0.3) is 16.0 Å². The van der Waals surface area contributed by atoms with Crippen LogP contribution in [0.2, 0.25) is 0 Å². The summed E-state index contributed by atoms with van der Waals surface area (Å²) in [6.07, 6.45) is 0. The second-order valence-corrected chi connectivity index (χ2v) is 3.06. The number of rotatable bonds is 3. The molecule has 0 saturated heterocycles. The average molecular weight is 275 g/mol. The van der Waals surface area contributed by atoms with Crippen molar-refractivity contribution < 1.29 is 86.0 Å². The Morgan fingerprint density at radius 2 is 1.07 bits per heavy atom. The van der Waals surface area contributed by atoms with Crippen LogP contribution in [0.3, 0.4) is 0 Å². The first-order valence-electron chi connectivity index (χ1n) is 1.93. The van der Waals surface area contributed by atoms with Crippen LogP contribution in [0.1, 0.15) is 0 Å². The van der Waals surface area contributed by atoms with Crippen LogP contribution in [0, 0.1) is 0 Å². The van der Waals surface area contributed by atoms with E-state index in [1.165, 1.54) is 4.91 Å². The van der Waals surface area contributed by atoms with Crippen molar-refractivity contribution in [2.75, 3.05) is 0 Å². The molecule has 0 radical (unpaired) electrons. The summed E-state index contributed by atoms with van der Waals surface area (Å²) >= 11 is 0. The molecule has 0 aromatic carbocycles. The van der Waals surface area contributed by atoms with E-state index in [0.29, 0.717) is 0 Å². The largest absolute Gasteiger partial charge is 1.00 e. The maximum atomic E-state index is 9.51. The van der Waals surface area contributed by atoms with Gasteiger partial charge in [0.05, 0.1) is 0 Å². The summed E-state index contributed by atoms with van der Waals surface area (Å²) in [5, 5.41) is 0.